The molecule has 1 aliphatic heterocycles. The third-order valence-electron chi connectivity index (χ3n) is 3.58. The number of benzene rings is 1. The van der Waals surface area contributed by atoms with E-state index in [1.165, 1.54) is 16.7 Å². The summed E-state index contributed by atoms with van der Waals surface area (Å²) < 4.78 is 0. The van der Waals surface area contributed by atoms with E-state index in [2.05, 4.69) is 50.9 Å². The molecule has 0 amide bonds. The van der Waals surface area contributed by atoms with Crippen molar-refractivity contribution in [2.75, 3.05) is 0 Å². The van der Waals surface area contributed by atoms with E-state index < -0.39 is 0 Å². The summed E-state index contributed by atoms with van der Waals surface area (Å²) in [6.45, 7) is 8.81. The van der Waals surface area contributed by atoms with Gasteiger partial charge in [0.15, 0.2) is 0 Å². The molecule has 2 rings (SSSR count). The van der Waals surface area contributed by atoms with Crippen LogP contribution in [-0.2, 0) is 0 Å². The van der Waals surface area contributed by atoms with Gasteiger partial charge in [0.25, 0.3) is 0 Å². The molecule has 0 aliphatic carbocycles. The summed E-state index contributed by atoms with van der Waals surface area (Å²) >= 11 is 0. The van der Waals surface area contributed by atoms with E-state index in [1.54, 1.807) is 0 Å². The largest absolute Gasteiger partial charge is 0.303 e. The lowest BCUT2D eigenvalue weighted by Gasteiger charge is -2.25. The van der Waals surface area contributed by atoms with Crippen molar-refractivity contribution in [2.45, 2.75) is 45.6 Å². The number of aliphatic imine (C=N–C) groups is 1. The Balaban J connectivity index is 2.61. The van der Waals surface area contributed by atoms with Crippen LogP contribution in [0.25, 0.3) is 0 Å². The molecule has 2 nitrogen and oxygen atoms in total. The maximum absolute atomic E-state index is 8.16. The van der Waals surface area contributed by atoms with Crippen LogP contribution >= 0.6 is 0 Å². The second-order valence-electron chi connectivity index (χ2n) is 5.67. The van der Waals surface area contributed by atoms with Crippen LogP contribution < -0.4 is 0 Å². The minimum Gasteiger partial charge on any atom is -0.303 e. The summed E-state index contributed by atoms with van der Waals surface area (Å²) in [5, 5.41) is 8.16. The lowest BCUT2D eigenvalue weighted by molar-refractivity contribution is 0.778. The van der Waals surface area contributed by atoms with E-state index >= 15 is 0 Å². The normalized spacial score (nSPS) is 18.6. The first kappa shape index (κ1) is 13.7. The molecule has 1 aromatic rings. The lowest BCUT2D eigenvalue weighted by atomic mass is 9.83. The van der Waals surface area contributed by atoms with Crippen LogP contribution in [0, 0.1) is 5.41 Å². The van der Waals surface area contributed by atoms with E-state index in [9.17, 15) is 0 Å². The molecule has 0 saturated carbocycles. The number of dihydropyridines is 1. The van der Waals surface area contributed by atoms with Gasteiger partial charge in [0.2, 0.25) is 0 Å². The van der Waals surface area contributed by atoms with E-state index in [4.69, 9.17) is 5.41 Å². The Hall–Kier alpha value is -1.70. The van der Waals surface area contributed by atoms with Crippen molar-refractivity contribution in [1.82, 2.24) is 0 Å². The van der Waals surface area contributed by atoms with Crippen LogP contribution in [-0.4, -0.2) is 11.9 Å². The molecule has 1 unspecified atom stereocenters. The first-order chi connectivity index (χ1) is 9.02. The quantitative estimate of drug-likeness (QED) is 0.816. The van der Waals surface area contributed by atoms with Gasteiger partial charge >= 0.3 is 0 Å². The van der Waals surface area contributed by atoms with Crippen LogP contribution in [0.5, 0.6) is 0 Å². The Morgan fingerprint density at radius 1 is 1.05 bits per heavy atom. The SMILES string of the molecule is CC(C)c1cccc(C(C)C)c1C1N=CC=CC1=N. The highest BCUT2D eigenvalue weighted by molar-refractivity contribution is 6.03. The molecular weight excluding hydrogens is 232 g/mol. The van der Waals surface area contributed by atoms with Gasteiger partial charge in [-0.25, -0.2) is 0 Å². The van der Waals surface area contributed by atoms with Crippen molar-refractivity contribution in [2.24, 2.45) is 4.99 Å². The first-order valence-electron chi connectivity index (χ1n) is 6.93. The zero-order valence-corrected chi connectivity index (χ0v) is 12.1. The van der Waals surface area contributed by atoms with Gasteiger partial charge in [-0.2, -0.15) is 0 Å². The number of hydrogen-bond donors (Lipinski definition) is 1. The van der Waals surface area contributed by atoms with Crippen LogP contribution in [0.2, 0.25) is 0 Å². The number of nitrogens with zero attached hydrogens (tertiary/aromatic N) is 1. The Labute approximate surface area is 115 Å². The van der Waals surface area contributed by atoms with Gasteiger partial charge in [-0.3, -0.25) is 4.99 Å². The molecule has 0 spiro atoms. The maximum Gasteiger partial charge on any atom is 0.117 e. The van der Waals surface area contributed by atoms with Crippen molar-refractivity contribution >= 4 is 11.9 Å². The molecular formula is C17H22N2. The monoisotopic (exact) mass is 254 g/mol. The molecule has 0 fully saturated rings. The molecule has 1 aliphatic rings. The highest BCUT2D eigenvalue weighted by Crippen LogP contribution is 2.35. The van der Waals surface area contributed by atoms with E-state index in [-0.39, 0.29) is 6.04 Å². The van der Waals surface area contributed by atoms with Gasteiger partial charge in [-0.15, -0.1) is 0 Å². The average Bonchev–Trinajstić information content (AvgIpc) is 2.38. The summed E-state index contributed by atoms with van der Waals surface area (Å²) in [6.07, 6.45) is 5.49. The minimum atomic E-state index is -0.138. The Morgan fingerprint density at radius 2 is 1.63 bits per heavy atom. The molecule has 19 heavy (non-hydrogen) atoms. The van der Waals surface area contributed by atoms with Crippen LogP contribution in [0.15, 0.2) is 35.3 Å². The Morgan fingerprint density at radius 3 is 2.11 bits per heavy atom. The molecule has 1 N–H and O–H groups in total. The standard InChI is InChI=1S/C17H22N2/c1-11(2)13-7-5-8-14(12(3)4)16(13)17-15(18)9-6-10-19-17/h5-12,17-18H,1-4H3. The molecule has 0 aromatic heterocycles. The van der Waals surface area contributed by atoms with Gasteiger partial charge in [-0.1, -0.05) is 45.9 Å². The van der Waals surface area contributed by atoms with Gasteiger partial charge in [0.1, 0.15) is 6.04 Å². The number of hydrogen-bond acceptors (Lipinski definition) is 2. The zero-order valence-electron chi connectivity index (χ0n) is 12.1. The Bertz CT molecular complexity index is 510. The van der Waals surface area contributed by atoms with E-state index in [0.717, 1.165) is 0 Å². The fourth-order valence-electron chi connectivity index (χ4n) is 2.61. The minimum absolute atomic E-state index is 0.138. The second kappa shape index (κ2) is 5.52. The highest BCUT2D eigenvalue weighted by Gasteiger charge is 2.24. The fraction of sp³-hybridized carbons (Fsp3) is 0.412. The fourth-order valence-corrected chi connectivity index (χ4v) is 2.61. The van der Waals surface area contributed by atoms with E-state index in [1.807, 2.05) is 18.4 Å². The zero-order chi connectivity index (χ0) is 14.0. The molecule has 1 heterocycles. The van der Waals surface area contributed by atoms with Crippen molar-refractivity contribution in [3.8, 4) is 0 Å². The summed E-state index contributed by atoms with van der Waals surface area (Å²) in [4.78, 5) is 4.53. The van der Waals surface area contributed by atoms with Crippen LogP contribution in [0.1, 0.15) is 62.3 Å². The summed E-state index contributed by atoms with van der Waals surface area (Å²) in [5.74, 6) is 0.894. The topological polar surface area (TPSA) is 36.2 Å². The van der Waals surface area contributed by atoms with Gasteiger partial charge in [0, 0.05) is 6.21 Å². The van der Waals surface area contributed by atoms with Gasteiger partial charge < -0.3 is 5.41 Å². The predicted octanol–water partition coefficient (Wildman–Crippen LogP) is 4.63. The summed E-state index contributed by atoms with van der Waals surface area (Å²) in [6, 6.07) is 6.33. The third kappa shape index (κ3) is 2.67. The summed E-state index contributed by atoms with van der Waals surface area (Å²) in [5.41, 5.74) is 4.44. The first-order valence-corrected chi connectivity index (χ1v) is 6.93. The molecule has 0 saturated heterocycles. The maximum atomic E-state index is 8.16. The van der Waals surface area contributed by atoms with Gasteiger partial charge in [0.05, 0.1) is 5.71 Å². The lowest BCUT2D eigenvalue weighted by Crippen LogP contribution is -2.16. The molecule has 1 aromatic carbocycles. The highest BCUT2D eigenvalue weighted by atomic mass is 14.8. The molecule has 1 atom stereocenters. The molecule has 0 radical (unpaired) electrons. The van der Waals surface area contributed by atoms with Crippen molar-refractivity contribution < 1.29 is 0 Å². The third-order valence-corrected chi connectivity index (χ3v) is 3.58. The predicted molar refractivity (Wildman–Crippen MR) is 82.7 cm³/mol. The number of rotatable bonds is 3. The van der Waals surface area contributed by atoms with Crippen molar-refractivity contribution in [1.29, 1.82) is 5.41 Å². The Kier molecular flexibility index (Phi) is 3.98. The number of allylic oxidation sites excluding steroid dienone is 1. The second-order valence-corrected chi connectivity index (χ2v) is 5.67. The smallest absolute Gasteiger partial charge is 0.117 e. The number of nitrogens with one attached hydrogen (secondary N) is 1. The molecule has 100 valence electrons. The molecule has 0 bridgehead atoms. The van der Waals surface area contributed by atoms with Crippen molar-refractivity contribution in [3.05, 3.63) is 47.0 Å². The van der Waals surface area contributed by atoms with Crippen LogP contribution in [0.4, 0.5) is 0 Å². The van der Waals surface area contributed by atoms with Crippen LogP contribution in [0.3, 0.4) is 0 Å². The summed E-state index contributed by atoms with van der Waals surface area (Å²) in [7, 11) is 0. The van der Waals surface area contributed by atoms with Crippen molar-refractivity contribution in [3.63, 3.8) is 0 Å². The average molecular weight is 254 g/mol. The van der Waals surface area contributed by atoms with E-state index in [0.29, 0.717) is 17.5 Å². The van der Waals surface area contributed by atoms with Gasteiger partial charge in [-0.05, 0) is 40.7 Å². The molecule has 2 heteroatoms.